The third-order valence-corrected chi connectivity index (χ3v) is 5.13. The number of piperidine rings is 1. The van der Waals surface area contributed by atoms with E-state index >= 15 is 0 Å². The number of hydrogen-bond donors (Lipinski definition) is 4. The maximum Gasteiger partial charge on any atom is 0.416 e. The Morgan fingerprint density at radius 2 is 1.73 bits per heavy atom. The molecule has 0 spiro atoms. The molecule has 1 aliphatic heterocycles. The molecule has 1 fully saturated rings. The second-order valence-electron chi connectivity index (χ2n) is 7.25. The summed E-state index contributed by atoms with van der Waals surface area (Å²) < 4.78 is 39.5. The van der Waals surface area contributed by atoms with Crippen molar-refractivity contribution >= 4 is 23.4 Å². The zero-order valence-corrected chi connectivity index (χ0v) is 16.2. The Labute approximate surface area is 171 Å². The van der Waals surface area contributed by atoms with Gasteiger partial charge in [-0.25, -0.2) is 4.79 Å². The highest BCUT2D eigenvalue weighted by molar-refractivity contribution is 5.93. The van der Waals surface area contributed by atoms with E-state index in [1.165, 1.54) is 19.1 Å². The number of alkyl halides is 3. The second kappa shape index (κ2) is 8.74. The first kappa shape index (κ1) is 21.6. The van der Waals surface area contributed by atoms with E-state index in [0.29, 0.717) is 18.7 Å². The number of carbonyl (C=O) groups is 2. The van der Waals surface area contributed by atoms with Crippen LogP contribution in [0.15, 0.2) is 42.5 Å². The van der Waals surface area contributed by atoms with E-state index in [1.54, 1.807) is 24.3 Å². The predicted octanol–water partition coefficient (Wildman–Crippen LogP) is 4.78. The molecule has 2 atom stereocenters. The van der Waals surface area contributed by atoms with E-state index in [-0.39, 0.29) is 23.2 Å². The van der Waals surface area contributed by atoms with Crippen molar-refractivity contribution in [3.05, 3.63) is 59.2 Å². The molecule has 1 aliphatic rings. The van der Waals surface area contributed by atoms with E-state index < -0.39 is 23.8 Å². The molecule has 30 heavy (non-hydrogen) atoms. The van der Waals surface area contributed by atoms with Crippen molar-refractivity contribution in [1.82, 2.24) is 5.32 Å². The molecule has 9 heteroatoms. The summed E-state index contributed by atoms with van der Waals surface area (Å²) in [7, 11) is 0. The van der Waals surface area contributed by atoms with Crippen LogP contribution in [0.1, 0.15) is 35.6 Å². The molecule has 1 saturated heterocycles. The zero-order valence-electron chi connectivity index (χ0n) is 16.2. The molecule has 0 bridgehead atoms. The third-order valence-electron chi connectivity index (χ3n) is 5.13. The molecular formula is C21H22F3N3O3. The topological polar surface area (TPSA) is 90.5 Å². The van der Waals surface area contributed by atoms with Gasteiger partial charge in [-0.15, -0.1) is 0 Å². The van der Waals surface area contributed by atoms with Gasteiger partial charge in [-0.2, -0.15) is 13.2 Å². The molecule has 3 rings (SSSR count). The van der Waals surface area contributed by atoms with Gasteiger partial charge in [-0.3, -0.25) is 10.1 Å². The lowest BCUT2D eigenvalue weighted by Gasteiger charge is -2.32. The van der Waals surface area contributed by atoms with E-state index in [4.69, 9.17) is 5.11 Å². The van der Waals surface area contributed by atoms with Crippen molar-refractivity contribution < 1.29 is 27.9 Å². The Kier molecular flexibility index (Phi) is 6.31. The Bertz CT molecular complexity index is 929. The van der Waals surface area contributed by atoms with Crippen LogP contribution in [0, 0.1) is 12.8 Å². The summed E-state index contributed by atoms with van der Waals surface area (Å²) in [4.78, 5) is 23.6. The summed E-state index contributed by atoms with van der Waals surface area (Å²) in [6.45, 7) is 2.07. The van der Waals surface area contributed by atoms with Crippen LogP contribution in [0.4, 0.5) is 29.3 Å². The van der Waals surface area contributed by atoms with Crippen molar-refractivity contribution in [2.24, 2.45) is 5.92 Å². The van der Waals surface area contributed by atoms with Gasteiger partial charge < -0.3 is 15.7 Å². The number of carboxylic acid groups (broad SMARTS) is 1. The lowest BCUT2D eigenvalue weighted by atomic mass is 9.85. The van der Waals surface area contributed by atoms with E-state index in [2.05, 4.69) is 16.0 Å². The van der Waals surface area contributed by atoms with Crippen molar-refractivity contribution in [3.63, 3.8) is 0 Å². The molecule has 2 aromatic rings. The van der Waals surface area contributed by atoms with Gasteiger partial charge in [0.25, 0.3) is 0 Å². The lowest BCUT2D eigenvalue weighted by molar-refractivity contribution is -0.138. The number of carbonyl (C=O) groups excluding carboxylic acids is 1. The predicted molar refractivity (Wildman–Crippen MR) is 106 cm³/mol. The smallest absolute Gasteiger partial charge is 0.416 e. The minimum absolute atomic E-state index is 0.0905. The van der Waals surface area contributed by atoms with Gasteiger partial charge in [0.15, 0.2) is 0 Å². The quantitative estimate of drug-likeness (QED) is 0.572. The number of nitrogens with one attached hydrogen (secondary N) is 3. The maximum absolute atomic E-state index is 13.2. The average Bonchev–Trinajstić information content (AvgIpc) is 2.69. The van der Waals surface area contributed by atoms with Crippen LogP contribution >= 0.6 is 0 Å². The Morgan fingerprint density at radius 3 is 2.37 bits per heavy atom. The highest BCUT2D eigenvalue weighted by Crippen LogP contribution is 2.35. The molecule has 2 unspecified atom stereocenters. The fourth-order valence-electron chi connectivity index (χ4n) is 3.66. The van der Waals surface area contributed by atoms with Gasteiger partial charge in [-0.1, -0.05) is 18.2 Å². The Balaban J connectivity index is 1.78. The molecule has 0 aliphatic carbocycles. The highest BCUT2D eigenvalue weighted by Gasteiger charge is 2.34. The first-order valence-corrected chi connectivity index (χ1v) is 9.47. The Morgan fingerprint density at radius 1 is 1.07 bits per heavy atom. The summed E-state index contributed by atoms with van der Waals surface area (Å²) in [6.07, 6.45) is -4.33. The molecule has 4 N–H and O–H groups in total. The normalized spacial score (nSPS) is 19.2. The summed E-state index contributed by atoms with van der Waals surface area (Å²) in [6, 6.07) is 10.1. The average molecular weight is 421 g/mol. The minimum atomic E-state index is -4.49. The van der Waals surface area contributed by atoms with Crippen molar-refractivity contribution in [3.8, 4) is 0 Å². The number of rotatable bonds is 4. The van der Waals surface area contributed by atoms with Gasteiger partial charge in [0.2, 0.25) is 5.91 Å². The molecule has 1 heterocycles. The van der Waals surface area contributed by atoms with E-state index in [0.717, 1.165) is 18.1 Å². The molecule has 6 nitrogen and oxygen atoms in total. The Hall–Kier alpha value is -3.07. The van der Waals surface area contributed by atoms with Crippen molar-refractivity contribution in [1.29, 1.82) is 0 Å². The van der Waals surface area contributed by atoms with Gasteiger partial charge in [0.1, 0.15) is 0 Å². The van der Waals surface area contributed by atoms with Crippen LogP contribution in [0.3, 0.4) is 0 Å². The standard InChI is InChI=1S/C21H22F3N3O3/c1-12-4-7-15(11-17(12)21(22,23)24)26-19(28)16-3-2-10-25-18(16)13-5-8-14(9-6-13)27-20(29)30/h4-9,11,16,18,25,27H,2-3,10H2,1H3,(H,26,28)(H,29,30). The number of amides is 2. The van der Waals surface area contributed by atoms with E-state index in [9.17, 15) is 22.8 Å². The number of benzene rings is 2. The largest absolute Gasteiger partial charge is 0.465 e. The van der Waals surface area contributed by atoms with Crippen LogP contribution in [-0.2, 0) is 11.0 Å². The molecular weight excluding hydrogens is 399 g/mol. The number of anilines is 2. The van der Waals surface area contributed by atoms with Crippen LogP contribution < -0.4 is 16.0 Å². The number of halogens is 3. The van der Waals surface area contributed by atoms with E-state index in [1.807, 2.05) is 0 Å². The van der Waals surface area contributed by atoms with Crippen LogP contribution in [0.5, 0.6) is 0 Å². The molecule has 0 radical (unpaired) electrons. The maximum atomic E-state index is 13.2. The van der Waals surface area contributed by atoms with Gasteiger partial charge in [-0.05, 0) is 61.7 Å². The molecule has 0 aromatic heterocycles. The highest BCUT2D eigenvalue weighted by atomic mass is 19.4. The number of aryl methyl sites for hydroxylation is 1. The lowest BCUT2D eigenvalue weighted by Crippen LogP contribution is -2.40. The summed E-state index contributed by atoms with van der Waals surface area (Å²) in [5, 5.41) is 16.9. The number of hydrogen-bond acceptors (Lipinski definition) is 3. The summed E-state index contributed by atoms with van der Waals surface area (Å²) in [5.74, 6) is -0.843. The van der Waals surface area contributed by atoms with Gasteiger partial charge in [0.05, 0.1) is 11.5 Å². The summed E-state index contributed by atoms with van der Waals surface area (Å²) in [5.41, 5.74) is 0.615. The third kappa shape index (κ3) is 5.10. The molecule has 2 aromatic carbocycles. The van der Waals surface area contributed by atoms with Crippen LogP contribution in [0.25, 0.3) is 0 Å². The zero-order chi connectivity index (χ0) is 21.9. The van der Waals surface area contributed by atoms with Crippen LogP contribution in [-0.4, -0.2) is 23.7 Å². The fraction of sp³-hybridized carbons (Fsp3) is 0.333. The second-order valence-corrected chi connectivity index (χ2v) is 7.25. The molecule has 2 amide bonds. The van der Waals surface area contributed by atoms with Gasteiger partial charge in [0, 0.05) is 17.4 Å². The summed E-state index contributed by atoms with van der Waals surface area (Å²) >= 11 is 0. The van der Waals surface area contributed by atoms with Gasteiger partial charge >= 0.3 is 12.3 Å². The van der Waals surface area contributed by atoms with Crippen molar-refractivity contribution in [2.75, 3.05) is 17.2 Å². The first-order valence-electron chi connectivity index (χ1n) is 9.47. The monoisotopic (exact) mass is 421 g/mol. The molecule has 160 valence electrons. The fourth-order valence-corrected chi connectivity index (χ4v) is 3.66. The SMILES string of the molecule is Cc1ccc(NC(=O)C2CCCNC2c2ccc(NC(=O)O)cc2)cc1C(F)(F)F. The minimum Gasteiger partial charge on any atom is -0.465 e. The first-order chi connectivity index (χ1) is 14.1. The van der Waals surface area contributed by atoms with Crippen LogP contribution in [0.2, 0.25) is 0 Å². The molecule has 0 saturated carbocycles. The van der Waals surface area contributed by atoms with Crippen molar-refractivity contribution in [2.45, 2.75) is 32.0 Å².